The molecule has 1 N–H and O–H groups in total. The topological polar surface area (TPSA) is 66.5 Å². The van der Waals surface area contributed by atoms with Crippen molar-refractivity contribution < 1.29 is 17.6 Å². The Morgan fingerprint density at radius 2 is 1.77 bits per heavy atom. The lowest BCUT2D eigenvalue weighted by Gasteiger charge is -2.26. The fraction of sp³-hybridized carbons (Fsp3) is 0.278. The van der Waals surface area contributed by atoms with Gasteiger partial charge in [-0.05, 0) is 43.2 Å². The summed E-state index contributed by atoms with van der Waals surface area (Å²) in [5.41, 5.74) is 0.0641. The predicted molar refractivity (Wildman–Crippen MR) is 98.4 cm³/mol. The van der Waals surface area contributed by atoms with Crippen LogP contribution in [0.3, 0.4) is 0 Å². The number of carbonyl (C=O) groups excluding carboxylic acids is 1. The summed E-state index contributed by atoms with van der Waals surface area (Å²) in [4.78, 5) is 12.5. The van der Waals surface area contributed by atoms with Gasteiger partial charge in [-0.15, -0.1) is 0 Å². The molecular weight excluding hydrogens is 379 g/mol. The van der Waals surface area contributed by atoms with Gasteiger partial charge < -0.3 is 5.32 Å². The molecule has 2 aromatic carbocycles. The van der Waals surface area contributed by atoms with E-state index in [1.165, 1.54) is 46.8 Å². The fourth-order valence-corrected chi connectivity index (χ4v) is 4.58. The summed E-state index contributed by atoms with van der Waals surface area (Å²) in [6, 6.07) is 10.0. The maximum absolute atomic E-state index is 13.9. The largest absolute Gasteiger partial charge is 0.319 e. The molecule has 5 nitrogen and oxygen atoms in total. The standard InChI is InChI=1S/C18H18ClFN2O3S/c19-15-8-5-9-16(17(15)20)21-18(23)13-6-4-7-14(12-13)26(24,25)22-10-2-1-3-11-22/h4-9,12H,1-3,10-11H2,(H,21,23). The smallest absolute Gasteiger partial charge is 0.255 e. The highest BCUT2D eigenvalue weighted by Crippen LogP contribution is 2.24. The lowest BCUT2D eigenvalue weighted by Crippen LogP contribution is -2.35. The Labute approximate surface area is 156 Å². The minimum Gasteiger partial charge on any atom is -0.319 e. The van der Waals surface area contributed by atoms with Crippen LogP contribution in [-0.4, -0.2) is 31.7 Å². The summed E-state index contributed by atoms with van der Waals surface area (Å²) in [5, 5.41) is 2.31. The minimum atomic E-state index is -3.65. The van der Waals surface area contributed by atoms with E-state index >= 15 is 0 Å². The summed E-state index contributed by atoms with van der Waals surface area (Å²) < 4.78 is 40.8. The maximum atomic E-state index is 13.9. The van der Waals surface area contributed by atoms with Crippen LogP contribution in [0.2, 0.25) is 5.02 Å². The summed E-state index contributed by atoms with van der Waals surface area (Å²) in [7, 11) is -3.65. The molecule has 26 heavy (non-hydrogen) atoms. The summed E-state index contributed by atoms with van der Waals surface area (Å²) in [6.07, 6.45) is 2.67. The van der Waals surface area contributed by atoms with E-state index < -0.39 is 21.7 Å². The number of carbonyl (C=O) groups is 1. The maximum Gasteiger partial charge on any atom is 0.255 e. The van der Waals surface area contributed by atoms with Crippen LogP contribution in [-0.2, 0) is 10.0 Å². The highest BCUT2D eigenvalue weighted by Gasteiger charge is 2.26. The molecule has 0 aliphatic carbocycles. The van der Waals surface area contributed by atoms with Gasteiger partial charge in [0.2, 0.25) is 10.0 Å². The van der Waals surface area contributed by atoms with Gasteiger partial charge in [0.05, 0.1) is 15.6 Å². The molecule has 0 atom stereocenters. The van der Waals surface area contributed by atoms with Crippen LogP contribution in [0.4, 0.5) is 10.1 Å². The molecule has 8 heteroatoms. The molecule has 0 saturated carbocycles. The number of piperidine rings is 1. The molecule has 1 aliphatic heterocycles. The number of halogens is 2. The normalized spacial score (nSPS) is 15.6. The molecule has 0 radical (unpaired) electrons. The van der Waals surface area contributed by atoms with Crippen LogP contribution in [0.5, 0.6) is 0 Å². The van der Waals surface area contributed by atoms with Crippen LogP contribution in [0.25, 0.3) is 0 Å². The van der Waals surface area contributed by atoms with Crippen molar-refractivity contribution in [3.63, 3.8) is 0 Å². The fourth-order valence-electron chi connectivity index (χ4n) is 2.85. The number of amides is 1. The summed E-state index contributed by atoms with van der Waals surface area (Å²) >= 11 is 5.70. The third-order valence-electron chi connectivity index (χ3n) is 4.25. The van der Waals surface area contributed by atoms with Crippen molar-refractivity contribution in [3.8, 4) is 0 Å². The van der Waals surface area contributed by atoms with E-state index in [1.807, 2.05) is 0 Å². The zero-order chi connectivity index (χ0) is 18.7. The molecule has 1 heterocycles. The molecule has 138 valence electrons. The number of benzene rings is 2. The number of nitrogens with one attached hydrogen (secondary N) is 1. The molecule has 0 unspecified atom stereocenters. The Bertz CT molecular complexity index is 928. The Morgan fingerprint density at radius 3 is 2.50 bits per heavy atom. The van der Waals surface area contributed by atoms with Crippen molar-refractivity contribution in [2.75, 3.05) is 18.4 Å². The zero-order valence-corrected chi connectivity index (χ0v) is 15.5. The van der Waals surface area contributed by atoms with Gasteiger partial charge in [0, 0.05) is 18.7 Å². The van der Waals surface area contributed by atoms with Crippen molar-refractivity contribution in [3.05, 3.63) is 58.9 Å². The molecule has 1 aliphatic rings. The molecule has 1 fully saturated rings. The van der Waals surface area contributed by atoms with Gasteiger partial charge in [-0.2, -0.15) is 4.31 Å². The zero-order valence-electron chi connectivity index (χ0n) is 13.9. The second-order valence-corrected chi connectivity index (χ2v) is 8.39. The first-order valence-electron chi connectivity index (χ1n) is 8.25. The highest BCUT2D eigenvalue weighted by molar-refractivity contribution is 7.89. The summed E-state index contributed by atoms with van der Waals surface area (Å²) in [5.74, 6) is -1.35. The van der Waals surface area contributed by atoms with Crippen LogP contribution in [0, 0.1) is 5.82 Å². The van der Waals surface area contributed by atoms with Crippen LogP contribution in [0.15, 0.2) is 47.4 Å². The number of hydrogen-bond acceptors (Lipinski definition) is 3. The van der Waals surface area contributed by atoms with Gasteiger partial charge in [0.15, 0.2) is 5.82 Å². The molecule has 0 bridgehead atoms. The molecule has 0 aromatic heterocycles. The Morgan fingerprint density at radius 1 is 1.08 bits per heavy atom. The van der Waals surface area contributed by atoms with Crippen molar-refractivity contribution in [1.29, 1.82) is 0 Å². The molecular formula is C18H18ClFN2O3S. The lowest BCUT2D eigenvalue weighted by atomic mass is 10.2. The third-order valence-corrected chi connectivity index (χ3v) is 6.44. The van der Waals surface area contributed by atoms with E-state index in [-0.39, 0.29) is 21.2 Å². The van der Waals surface area contributed by atoms with Gasteiger partial charge in [-0.1, -0.05) is 30.2 Å². The average molecular weight is 397 g/mol. The van der Waals surface area contributed by atoms with Gasteiger partial charge in [-0.25, -0.2) is 12.8 Å². The first kappa shape index (κ1) is 18.8. The monoisotopic (exact) mass is 396 g/mol. The number of rotatable bonds is 4. The molecule has 3 rings (SSSR count). The van der Waals surface area contributed by atoms with E-state index in [0.717, 1.165) is 19.3 Å². The minimum absolute atomic E-state index is 0.0543. The molecule has 1 amide bonds. The Balaban J connectivity index is 1.84. The van der Waals surface area contributed by atoms with Crippen molar-refractivity contribution in [1.82, 2.24) is 4.31 Å². The predicted octanol–water partition coefficient (Wildman–Crippen LogP) is 3.91. The van der Waals surface area contributed by atoms with E-state index in [2.05, 4.69) is 5.32 Å². The van der Waals surface area contributed by atoms with E-state index in [1.54, 1.807) is 0 Å². The van der Waals surface area contributed by atoms with Gasteiger partial charge in [-0.3, -0.25) is 4.79 Å². The Hall–Kier alpha value is -1.96. The van der Waals surface area contributed by atoms with Crippen LogP contribution in [0.1, 0.15) is 29.6 Å². The number of sulfonamides is 1. The number of nitrogens with zero attached hydrogens (tertiary/aromatic N) is 1. The van der Waals surface area contributed by atoms with Crippen molar-refractivity contribution in [2.24, 2.45) is 0 Å². The highest BCUT2D eigenvalue weighted by atomic mass is 35.5. The molecule has 0 spiro atoms. The van der Waals surface area contributed by atoms with Crippen molar-refractivity contribution >= 4 is 33.2 Å². The summed E-state index contributed by atoms with van der Waals surface area (Å²) in [6.45, 7) is 0.957. The second kappa shape index (κ2) is 7.73. The van der Waals surface area contributed by atoms with Crippen molar-refractivity contribution in [2.45, 2.75) is 24.2 Å². The number of anilines is 1. The molecule has 2 aromatic rings. The first-order chi connectivity index (χ1) is 12.4. The van der Waals surface area contributed by atoms with Crippen LogP contribution >= 0.6 is 11.6 Å². The number of hydrogen-bond donors (Lipinski definition) is 1. The third kappa shape index (κ3) is 3.90. The van der Waals surface area contributed by atoms with Gasteiger partial charge >= 0.3 is 0 Å². The quantitative estimate of drug-likeness (QED) is 0.852. The Kier molecular flexibility index (Phi) is 5.60. The van der Waals surface area contributed by atoms with Gasteiger partial charge in [0.1, 0.15) is 0 Å². The van der Waals surface area contributed by atoms with E-state index in [9.17, 15) is 17.6 Å². The second-order valence-electron chi connectivity index (χ2n) is 6.05. The van der Waals surface area contributed by atoms with E-state index in [4.69, 9.17) is 11.6 Å². The van der Waals surface area contributed by atoms with Gasteiger partial charge in [0.25, 0.3) is 5.91 Å². The van der Waals surface area contributed by atoms with Crippen LogP contribution < -0.4 is 5.32 Å². The first-order valence-corrected chi connectivity index (χ1v) is 10.1. The SMILES string of the molecule is O=C(Nc1cccc(Cl)c1F)c1cccc(S(=O)(=O)N2CCCCC2)c1. The van der Waals surface area contributed by atoms with E-state index in [0.29, 0.717) is 13.1 Å². The lowest BCUT2D eigenvalue weighted by molar-refractivity contribution is 0.102. The molecule has 1 saturated heterocycles. The average Bonchev–Trinajstić information content (AvgIpc) is 2.66.